The third kappa shape index (κ3) is 3.79. The van der Waals surface area contributed by atoms with E-state index < -0.39 is 0 Å². The largest absolute Gasteiger partial charge is 0.383 e. The lowest BCUT2D eigenvalue weighted by molar-refractivity contribution is 0.0629. The van der Waals surface area contributed by atoms with Crippen LogP contribution in [0.15, 0.2) is 23.6 Å². The minimum absolute atomic E-state index is 0.0261. The van der Waals surface area contributed by atoms with Crippen molar-refractivity contribution in [1.29, 1.82) is 0 Å². The fraction of sp³-hybridized carbons (Fsp3) is 0.333. The van der Waals surface area contributed by atoms with Gasteiger partial charge in [-0.3, -0.25) is 4.79 Å². The highest BCUT2D eigenvalue weighted by atomic mass is 35.5. The van der Waals surface area contributed by atoms with Gasteiger partial charge < -0.3 is 9.64 Å². The Bertz CT molecular complexity index is 675. The molecule has 0 N–H and O–H groups in total. The summed E-state index contributed by atoms with van der Waals surface area (Å²) in [5.41, 5.74) is 1.17. The second-order valence-electron chi connectivity index (χ2n) is 4.88. The standard InChI is InChI=1S/C15H16Cl2N2O2S/c1-9(7-21-3)19(2)15(20)13-8-22-14(18-13)11-5-4-10(16)6-12(11)17/h4-6,8-9H,7H2,1-3H3. The first-order chi connectivity index (χ1) is 10.4. The predicted molar refractivity (Wildman–Crippen MR) is 91.0 cm³/mol. The van der Waals surface area contributed by atoms with Crippen LogP contribution in [0.4, 0.5) is 0 Å². The first-order valence-corrected chi connectivity index (χ1v) is 8.24. The van der Waals surface area contributed by atoms with E-state index in [2.05, 4.69) is 4.98 Å². The summed E-state index contributed by atoms with van der Waals surface area (Å²) in [6.07, 6.45) is 0. The van der Waals surface area contributed by atoms with Gasteiger partial charge in [0.1, 0.15) is 10.7 Å². The third-order valence-corrected chi connectivity index (χ3v) is 4.70. The minimum Gasteiger partial charge on any atom is -0.383 e. The normalized spacial score (nSPS) is 12.2. The summed E-state index contributed by atoms with van der Waals surface area (Å²) >= 11 is 13.4. The Balaban J connectivity index is 2.22. The number of benzene rings is 1. The van der Waals surface area contributed by atoms with E-state index in [1.54, 1.807) is 42.6 Å². The van der Waals surface area contributed by atoms with Crippen molar-refractivity contribution in [3.8, 4) is 10.6 Å². The molecule has 0 bridgehead atoms. The number of hydrogen-bond donors (Lipinski definition) is 0. The number of hydrogen-bond acceptors (Lipinski definition) is 4. The number of carbonyl (C=O) groups excluding carboxylic acids is 1. The van der Waals surface area contributed by atoms with Crippen LogP contribution in [0.3, 0.4) is 0 Å². The maximum absolute atomic E-state index is 12.4. The van der Waals surface area contributed by atoms with Gasteiger partial charge in [0.05, 0.1) is 17.7 Å². The number of amides is 1. The summed E-state index contributed by atoms with van der Waals surface area (Å²) in [7, 11) is 3.35. The zero-order valence-corrected chi connectivity index (χ0v) is 14.8. The highest BCUT2D eigenvalue weighted by molar-refractivity contribution is 7.13. The number of nitrogens with zero attached hydrogens (tertiary/aromatic N) is 2. The Hall–Kier alpha value is -1.14. The van der Waals surface area contributed by atoms with Gasteiger partial charge in [-0.05, 0) is 25.1 Å². The van der Waals surface area contributed by atoms with E-state index >= 15 is 0 Å². The molecular formula is C15H16Cl2N2O2S. The maximum Gasteiger partial charge on any atom is 0.273 e. The molecule has 2 aromatic rings. The lowest BCUT2D eigenvalue weighted by Crippen LogP contribution is -2.37. The van der Waals surface area contributed by atoms with Crippen molar-refractivity contribution in [3.05, 3.63) is 39.3 Å². The van der Waals surface area contributed by atoms with E-state index in [0.29, 0.717) is 27.4 Å². The molecular weight excluding hydrogens is 343 g/mol. The summed E-state index contributed by atoms with van der Waals surface area (Å²) in [5, 5.41) is 3.51. The number of methoxy groups -OCH3 is 1. The average molecular weight is 359 g/mol. The van der Waals surface area contributed by atoms with Gasteiger partial charge in [0.25, 0.3) is 5.91 Å². The van der Waals surface area contributed by atoms with Crippen LogP contribution >= 0.6 is 34.5 Å². The van der Waals surface area contributed by atoms with Crippen LogP contribution in [0.25, 0.3) is 10.6 Å². The summed E-state index contributed by atoms with van der Waals surface area (Å²) in [5.74, 6) is -0.142. The van der Waals surface area contributed by atoms with E-state index in [4.69, 9.17) is 27.9 Å². The smallest absolute Gasteiger partial charge is 0.273 e. The third-order valence-electron chi connectivity index (χ3n) is 3.27. The molecule has 0 radical (unpaired) electrons. The molecule has 0 aliphatic rings. The summed E-state index contributed by atoms with van der Waals surface area (Å²) in [6, 6.07) is 5.18. The maximum atomic E-state index is 12.4. The SMILES string of the molecule is COCC(C)N(C)C(=O)c1csc(-c2ccc(Cl)cc2Cl)n1. The molecule has 0 aliphatic carbocycles. The zero-order chi connectivity index (χ0) is 16.3. The zero-order valence-electron chi connectivity index (χ0n) is 12.5. The first kappa shape index (κ1) is 17.2. The second kappa shape index (κ2) is 7.42. The molecule has 0 fully saturated rings. The molecule has 2 rings (SSSR count). The minimum atomic E-state index is -0.142. The van der Waals surface area contributed by atoms with E-state index in [-0.39, 0.29) is 11.9 Å². The van der Waals surface area contributed by atoms with Crippen molar-refractivity contribution in [2.24, 2.45) is 0 Å². The Morgan fingerprint density at radius 3 is 2.82 bits per heavy atom. The number of thiazole rings is 1. The van der Waals surface area contributed by atoms with Crippen LogP contribution in [0.2, 0.25) is 10.0 Å². The Kier molecular flexibility index (Phi) is 5.81. The number of rotatable bonds is 5. The molecule has 7 heteroatoms. The molecule has 1 aromatic heterocycles. The molecule has 1 aromatic carbocycles. The molecule has 22 heavy (non-hydrogen) atoms. The highest BCUT2D eigenvalue weighted by Gasteiger charge is 2.20. The molecule has 1 amide bonds. The van der Waals surface area contributed by atoms with Gasteiger partial charge in [0.2, 0.25) is 0 Å². The predicted octanol–water partition coefficient (Wildman–Crippen LogP) is 4.22. The van der Waals surface area contributed by atoms with Gasteiger partial charge in [0, 0.05) is 30.1 Å². The van der Waals surface area contributed by atoms with Crippen molar-refractivity contribution < 1.29 is 9.53 Å². The van der Waals surface area contributed by atoms with E-state index in [9.17, 15) is 4.79 Å². The van der Waals surface area contributed by atoms with Gasteiger partial charge in [-0.2, -0.15) is 0 Å². The van der Waals surface area contributed by atoms with Gasteiger partial charge in [-0.25, -0.2) is 4.98 Å². The fourth-order valence-electron chi connectivity index (χ4n) is 1.89. The summed E-state index contributed by atoms with van der Waals surface area (Å²) < 4.78 is 5.07. The first-order valence-electron chi connectivity index (χ1n) is 6.61. The fourth-order valence-corrected chi connectivity index (χ4v) is 3.28. The van der Waals surface area contributed by atoms with Gasteiger partial charge in [-0.15, -0.1) is 11.3 Å². The second-order valence-corrected chi connectivity index (χ2v) is 6.58. The number of carbonyl (C=O) groups is 1. The molecule has 1 heterocycles. The van der Waals surface area contributed by atoms with Gasteiger partial charge >= 0.3 is 0 Å². The van der Waals surface area contributed by atoms with E-state index in [1.807, 2.05) is 6.92 Å². The van der Waals surface area contributed by atoms with Crippen LogP contribution in [-0.2, 0) is 4.74 Å². The van der Waals surface area contributed by atoms with E-state index in [1.165, 1.54) is 11.3 Å². The molecule has 118 valence electrons. The number of halogens is 2. The Labute approximate surface area is 143 Å². The average Bonchev–Trinajstić information content (AvgIpc) is 2.95. The van der Waals surface area contributed by atoms with Crippen molar-refractivity contribution in [3.63, 3.8) is 0 Å². The van der Waals surface area contributed by atoms with Crippen molar-refractivity contribution >= 4 is 40.4 Å². The molecule has 0 saturated carbocycles. The number of likely N-dealkylation sites (N-methyl/N-ethyl adjacent to an activating group) is 1. The molecule has 1 unspecified atom stereocenters. The van der Waals surface area contributed by atoms with Crippen molar-refractivity contribution in [2.75, 3.05) is 20.8 Å². The lowest BCUT2D eigenvalue weighted by atomic mass is 10.2. The topological polar surface area (TPSA) is 42.4 Å². The summed E-state index contributed by atoms with van der Waals surface area (Å²) in [4.78, 5) is 18.4. The highest BCUT2D eigenvalue weighted by Crippen LogP contribution is 2.32. The van der Waals surface area contributed by atoms with Crippen LogP contribution in [-0.4, -0.2) is 42.6 Å². The van der Waals surface area contributed by atoms with Crippen molar-refractivity contribution in [2.45, 2.75) is 13.0 Å². The lowest BCUT2D eigenvalue weighted by Gasteiger charge is -2.23. The van der Waals surface area contributed by atoms with Crippen LogP contribution in [0, 0.1) is 0 Å². The Morgan fingerprint density at radius 2 is 2.18 bits per heavy atom. The number of ether oxygens (including phenoxy) is 1. The van der Waals surface area contributed by atoms with Crippen LogP contribution < -0.4 is 0 Å². The van der Waals surface area contributed by atoms with Gasteiger partial charge in [0.15, 0.2) is 0 Å². The molecule has 1 atom stereocenters. The molecule has 4 nitrogen and oxygen atoms in total. The molecule has 0 spiro atoms. The van der Waals surface area contributed by atoms with Crippen molar-refractivity contribution in [1.82, 2.24) is 9.88 Å². The Morgan fingerprint density at radius 1 is 1.45 bits per heavy atom. The summed E-state index contributed by atoms with van der Waals surface area (Å²) in [6.45, 7) is 2.40. The number of aromatic nitrogens is 1. The van der Waals surface area contributed by atoms with E-state index in [0.717, 1.165) is 5.56 Å². The van der Waals surface area contributed by atoms with Crippen LogP contribution in [0.1, 0.15) is 17.4 Å². The molecule has 0 saturated heterocycles. The van der Waals surface area contributed by atoms with Crippen LogP contribution in [0.5, 0.6) is 0 Å². The van der Waals surface area contributed by atoms with Gasteiger partial charge in [-0.1, -0.05) is 23.2 Å². The molecule has 0 aliphatic heterocycles. The quantitative estimate of drug-likeness (QED) is 0.803. The monoisotopic (exact) mass is 358 g/mol.